The zero-order valence-corrected chi connectivity index (χ0v) is 13.4. The Kier molecular flexibility index (Phi) is 3.43. The van der Waals surface area contributed by atoms with Crippen molar-refractivity contribution in [3.63, 3.8) is 0 Å². The standard InChI is InChI=1S/C17H15ClN2OS/c18-10-3-5-12-13-9-11(4-6-14(13)20-15(12)8-10)19-17(21)16-2-1-7-22-16/h1-3,5,7-8,11,20H,4,6,9H2,(H,19,21). The summed E-state index contributed by atoms with van der Waals surface area (Å²) in [4.78, 5) is 16.4. The van der Waals surface area contributed by atoms with Gasteiger partial charge >= 0.3 is 0 Å². The smallest absolute Gasteiger partial charge is 0.261 e. The number of hydrogen-bond donors (Lipinski definition) is 2. The van der Waals surface area contributed by atoms with Gasteiger partial charge < -0.3 is 10.3 Å². The quantitative estimate of drug-likeness (QED) is 0.727. The summed E-state index contributed by atoms with van der Waals surface area (Å²) in [5, 5.41) is 7.05. The summed E-state index contributed by atoms with van der Waals surface area (Å²) in [5.41, 5.74) is 3.68. The molecule has 1 unspecified atom stereocenters. The molecule has 0 spiro atoms. The number of fused-ring (bicyclic) bond motifs is 3. The lowest BCUT2D eigenvalue weighted by Crippen LogP contribution is -2.38. The lowest BCUT2D eigenvalue weighted by atomic mass is 9.91. The van der Waals surface area contributed by atoms with Crippen LogP contribution in [0.25, 0.3) is 10.9 Å². The van der Waals surface area contributed by atoms with Gasteiger partial charge in [0, 0.05) is 27.7 Å². The minimum Gasteiger partial charge on any atom is -0.358 e. The molecule has 1 aromatic carbocycles. The summed E-state index contributed by atoms with van der Waals surface area (Å²) in [6.07, 6.45) is 2.79. The Morgan fingerprint density at radius 2 is 2.27 bits per heavy atom. The van der Waals surface area contributed by atoms with Crippen LogP contribution in [-0.2, 0) is 12.8 Å². The number of rotatable bonds is 2. The fourth-order valence-corrected chi connectivity index (χ4v) is 3.98. The molecular formula is C17H15ClN2OS. The Labute approximate surface area is 137 Å². The Morgan fingerprint density at radius 1 is 1.36 bits per heavy atom. The van der Waals surface area contributed by atoms with Crippen LogP contribution in [0.1, 0.15) is 27.3 Å². The van der Waals surface area contributed by atoms with E-state index in [2.05, 4.69) is 16.4 Å². The van der Waals surface area contributed by atoms with Gasteiger partial charge in [-0.2, -0.15) is 0 Å². The number of hydrogen-bond acceptors (Lipinski definition) is 2. The van der Waals surface area contributed by atoms with Crippen molar-refractivity contribution in [3.05, 3.63) is 56.9 Å². The number of aromatic nitrogens is 1. The van der Waals surface area contributed by atoms with Crippen LogP contribution < -0.4 is 5.32 Å². The second-order valence-corrected chi connectivity index (χ2v) is 7.05. The largest absolute Gasteiger partial charge is 0.358 e. The number of H-pyrrole nitrogens is 1. The van der Waals surface area contributed by atoms with Gasteiger partial charge in [-0.05, 0) is 48.4 Å². The van der Waals surface area contributed by atoms with Crippen LogP contribution in [0.3, 0.4) is 0 Å². The zero-order valence-electron chi connectivity index (χ0n) is 11.9. The average Bonchev–Trinajstić information content (AvgIpc) is 3.13. The number of thiophene rings is 1. The van der Waals surface area contributed by atoms with E-state index in [0.717, 1.165) is 34.7 Å². The molecule has 2 heterocycles. The van der Waals surface area contributed by atoms with Crippen LogP contribution in [-0.4, -0.2) is 16.9 Å². The number of benzene rings is 1. The van der Waals surface area contributed by atoms with Gasteiger partial charge in [-0.25, -0.2) is 0 Å². The number of halogens is 1. The third kappa shape index (κ3) is 2.42. The number of nitrogens with one attached hydrogen (secondary N) is 2. The SMILES string of the molecule is O=C(NC1CCc2[nH]c3cc(Cl)ccc3c2C1)c1cccs1. The molecule has 0 radical (unpaired) electrons. The van der Waals surface area contributed by atoms with Crippen LogP contribution in [0.5, 0.6) is 0 Å². The predicted octanol–water partition coefficient (Wildman–Crippen LogP) is 4.17. The number of aryl methyl sites for hydroxylation is 1. The minimum atomic E-state index is 0.0336. The van der Waals surface area contributed by atoms with Gasteiger partial charge in [0.2, 0.25) is 0 Å². The van der Waals surface area contributed by atoms with Gasteiger partial charge in [-0.3, -0.25) is 4.79 Å². The normalized spacial score (nSPS) is 17.4. The molecule has 112 valence electrons. The van der Waals surface area contributed by atoms with Crippen LogP contribution >= 0.6 is 22.9 Å². The molecule has 3 aromatic rings. The van der Waals surface area contributed by atoms with E-state index >= 15 is 0 Å². The molecule has 2 N–H and O–H groups in total. The zero-order chi connectivity index (χ0) is 15.1. The second kappa shape index (κ2) is 5.45. The summed E-state index contributed by atoms with van der Waals surface area (Å²) < 4.78 is 0. The van der Waals surface area contributed by atoms with E-state index < -0.39 is 0 Å². The molecule has 22 heavy (non-hydrogen) atoms. The molecule has 1 aliphatic carbocycles. The van der Waals surface area contributed by atoms with Crippen molar-refractivity contribution in [1.82, 2.24) is 10.3 Å². The minimum absolute atomic E-state index is 0.0336. The molecule has 1 amide bonds. The monoisotopic (exact) mass is 330 g/mol. The van der Waals surface area contributed by atoms with Crippen molar-refractivity contribution in [3.8, 4) is 0 Å². The van der Waals surface area contributed by atoms with Crippen molar-refractivity contribution >= 4 is 39.7 Å². The molecule has 1 aliphatic rings. The summed E-state index contributed by atoms with van der Waals surface area (Å²) in [6, 6.07) is 9.91. The Morgan fingerprint density at radius 3 is 3.09 bits per heavy atom. The van der Waals surface area contributed by atoms with E-state index in [1.807, 2.05) is 29.6 Å². The molecule has 0 bridgehead atoms. The maximum absolute atomic E-state index is 12.2. The molecule has 0 aliphatic heterocycles. The maximum atomic E-state index is 12.2. The van der Waals surface area contributed by atoms with Gasteiger partial charge in [-0.15, -0.1) is 11.3 Å². The fraction of sp³-hybridized carbons (Fsp3) is 0.235. The predicted molar refractivity (Wildman–Crippen MR) is 90.9 cm³/mol. The molecule has 0 saturated carbocycles. The summed E-state index contributed by atoms with van der Waals surface area (Å²) in [5.74, 6) is 0.0336. The number of aromatic amines is 1. The maximum Gasteiger partial charge on any atom is 0.261 e. The first-order chi connectivity index (χ1) is 10.7. The van der Waals surface area contributed by atoms with Crippen molar-refractivity contribution in [2.75, 3.05) is 0 Å². The van der Waals surface area contributed by atoms with Gasteiger partial charge in [0.15, 0.2) is 0 Å². The molecule has 4 rings (SSSR count). The molecule has 0 saturated heterocycles. The van der Waals surface area contributed by atoms with Crippen molar-refractivity contribution in [2.24, 2.45) is 0 Å². The highest BCUT2D eigenvalue weighted by Gasteiger charge is 2.24. The van der Waals surface area contributed by atoms with Crippen molar-refractivity contribution in [1.29, 1.82) is 0 Å². The molecular weight excluding hydrogens is 316 g/mol. The van der Waals surface area contributed by atoms with Gasteiger partial charge in [0.25, 0.3) is 5.91 Å². The van der Waals surface area contributed by atoms with E-state index in [4.69, 9.17) is 11.6 Å². The lowest BCUT2D eigenvalue weighted by Gasteiger charge is -2.23. The van der Waals surface area contributed by atoms with Crippen molar-refractivity contribution in [2.45, 2.75) is 25.3 Å². The van der Waals surface area contributed by atoms with E-state index in [1.54, 1.807) is 0 Å². The van der Waals surface area contributed by atoms with Gasteiger partial charge in [0.1, 0.15) is 0 Å². The van der Waals surface area contributed by atoms with Crippen LogP contribution in [0.4, 0.5) is 0 Å². The lowest BCUT2D eigenvalue weighted by molar-refractivity contribution is 0.0938. The summed E-state index contributed by atoms with van der Waals surface area (Å²) >= 11 is 7.54. The highest BCUT2D eigenvalue weighted by molar-refractivity contribution is 7.12. The average molecular weight is 331 g/mol. The highest BCUT2D eigenvalue weighted by atomic mass is 35.5. The number of carbonyl (C=O) groups excluding carboxylic acids is 1. The van der Waals surface area contributed by atoms with Crippen LogP contribution in [0.2, 0.25) is 5.02 Å². The number of carbonyl (C=O) groups is 1. The van der Waals surface area contributed by atoms with E-state index in [-0.39, 0.29) is 11.9 Å². The van der Waals surface area contributed by atoms with Gasteiger partial charge in [-0.1, -0.05) is 23.7 Å². The first-order valence-electron chi connectivity index (χ1n) is 7.34. The molecule has 2 aromatic heterocycles. The molecule has 3 nitrogen and oxygen atoms in total. The van der Waals surface area contributed by atoms with E-state index in [1.165, 1.54) is 28.0 Å². The van der Waals surface area contributed by atoms with Crippen molar-refractivity contribution < 1.29 is 4.79 Å². The third-order valence-corrected chi connectivity index (χ3v) is 5.33. The van der Waals surface area contributed by atoms with E-state index in [9.17, 15) is 4.79 Å². The molecule has 5 heteroatoms. The fourth-order valence-electron chi connectivity index (χ4n) is 3.18. The summed E-state index contributed by atoms with van der Waals surface area (Å²) in [7, 11) is 0. The topological polar surface area (TPSA) is 44.9 Å². The first-order valence-corrected chi connectivity index (χ1v) is 8.60. The Balaban J connectivity index is 1.58. The third-order valence-electron chi connectivity index (χ3n) is 4.23. The van der Waals surface area contributed by atoms with Crippen LogP contribution in [0, 0.1) is 0 Å². The highest BCUT2D eigenvalue weighted by Crippen LogP contribution is 2.30. The van der Waals surface area contributed by atoms with Gasteiger partial charge in [0.05, 0.1) is 4.88 Å². The number of amides is 1. The van der Waals surface area contributed by atoms with E-state index in [0.29, 0.717) is 0 Å². The molecule has 1 atom stereocenters. The Hall–Kier alpha value is -1.78. The Bertz CT molecular complexity index is 838. The summed E-state index contributed by atoms with van der Waals surface area (Å²) in [6.45, 7) is 0. The van der Waals surface area contributed by atoms with Crippen LogP contribution in [0.15, 0.2) is 35.7 Å². The second-order valence-electron chi connectivity index (χ2n) is 5.66. The first kappa shape index (κ1) is 13.9. The molecule has 0 fully saturated rings.